The second kappa shape index (κ2) is 4.54. The molecular formula is C17H18N2. The van der Waals surface area contributed by atoms with Crippen LogP contribution < -0.4 is 0 Å². The Bertz CT molecular complexity index is 723. The fourth-order valence-corrected chi connectivity index (χ4v) is 2.69. The van der Waals surface area contributed by atoms with E-state index in [9.17, 15) is 0 Å². The zero-order chi connectivity index (χ0) is 13.4. The smallest absolute Gasteiger partial charge is 0.0501 e. The van der Waals surface area contributed by atoms with Gasteiger partial charge in [-0.3, -0.25) is 4.98 Å². The standard InChI is InChI=1S/C17H18N2/c1-11(2)16-14-6-4-5-7-15(14)19-17(16)13-8-9-18-12(3)10-13/h4-11,19H,1-3H3. The van der Waals surface area contributed by atoms with Crippen molar-refractivity contribution in [3.63, 3.8) is 0 Å². The van der Waals surface area contributed by atoms with Crippen LogP contribution in [0, 0.1) is 6.92 Å². The first-order valence-electron chi connectivity index (χ1n) is 6.70. The predicted molar refractivity (Wildman–Crippen MR) is 80.4 cm³/mol. The fourth-order valence-electron chi connectivity index (χ4n) is 2.69. The Labute approximate surface area is 113 Å². The molecule has 0 bridgehead atoms. The van der Waals surface area contributed by atoms with E-state index >= 15 is 0 Å². The van der Waals surface area contributed by atoms with Crippen molar-refractivity contribution in [1.82, 2.24) is 9.97 Å². The van der Waals surface area contributed by atoms with Crippen LogP contribution in [0.4, 0.5) is 0 Å². The summed E-state index contributed by atoms with van der Waals surface area (Å²) in [5.74, 6) is 0.486. The van der Waals surface area contributed by atoms with Crippen LogP contribution in [0.25, 0.3) is 22.2 Å². The SMILES string of the molecule is Cc1cc(-c2[nH]c3ccccc3c2C(C)C)ccn1. The van der Waals surface area contributed by atoms with Gasteiger partial charge in [0.2, 0.25) is 0 Å². The second-order valence-electron chi connectivity index (χ2n) is 5.30. The van der Waals surface area contributed by atoms with Gasteiger partial charge in [-0.2, -0.15) is 0 Å². The van der Waals surface area contributed by atoms with Crippen molar-refractivity contribution < 1.29 is 0 Å². The highest BCUT2D eigenvalue weighted by Crippen LogP contribution is 2.35. The lowest BCUT2D eigenvalue weighted by atomic mass is 9.96. The molecule has 0 aliphatic heterocycles. The van der Waals surface area contributed by atoms with Crippen molar-refractivity contribution in [3.05, 3.63) is 53.9 Å². The average Bonchev–Trinajstić information content (AvgIpc) is 2.78. The first-order chi connectivity index (χ1) is 9.16. The normalized spacial score (nSPS) is 11.4. The molecule has 19 heavy (non-hydrogen) atoms. The molecule has 0 saturated heterocycles. The Kier molecular flexibility index (Phi) is 2.86. The molecule has 0 spiro atoms. The Morgan fingerprint density at radius 3 is 2.63 bits per heavy atom. The minimum atomic E-state index is 0.486. The summed E-state index contributed by atoms with van der Waals surface area (Å²) in [6.07, 6.45) is 1.88. The number of rotatable bonds is 2. The number of pyridine rings is 1. The summed E-state index contributed by atoms with van der Waals surface area (Å²) in [4.78, 5) is 7.84. The van der Waals surface area contributed by atoms with Crippen LogP contribution in [-0.2, 0) is 0 Å². The number of H-pyrrole nitrogens is 1. The number of hydrogen-bond acceptors (Lipinski definition) is 1. The van der Waals surface area contributed by atoms with Gasteiger partial charge in [0.1, 0.15) is 0 Å². The third kappa shape index (κ3) is 2.03. The van der Waals surface area contributed by atoms with Crippen molar-refractivity contribution in [3.8, 4) is 11.3 Å². The summed E-state index contributed by atoms with van der Waals surface area (Å²) in [7, 11) is 0. The maximum atomic E-state index is 4.28. The molecule has 1 N–H and O–H groups in total. The van der Waals surface area contributed by atoms with Crippen molar-refractivity contribution in [2.24, 2.45) is 0 Å². The molecule has 0 amide bonds. The minimum Gasteiger partial charge on any atom is -0.354 e. The average molecular weight is 250 g/mol. The second-order valence-corrected chi connectivity index (χ2v) is 5.30. The third-order valence-corrected chi connectivity index (χ3v) is 3.51. The molecule has 2 heteroatoms. The predicted octanol–water partition coefficient (Wildman–Crippen LogP) is 4.66. The number of hydrogen-bond donors (Lipinski definition) is 1. The van der Waals surface area contributed by atoms with Gasteiger partial charge in [-0.15, -0.1) is 0 Å². The minimum absolute atomic E-state index is 0.486. The maximum absolute atomic E-state index is 4.28. The molecule has 2 nitrogen and oxygen atoms in total. The molecule has 2 aromatic heterocycles. The summed E-state index contributed by atoms with van der Waals surface area (Å²) in [6.45, 7) is 6.52. The van der Waals surface area contributed by atoms with Gasteiger partial charge in [0.25, 0.3) is 0 Å². The van der Waals surface area contributed by atoms with Gasteiger partial charge in [-0.25, -0.2) is 0 Å². The first-order valence-corrected chi connectivity index (χ1v) is 6.70. The maximum Gasteiger partial charge on any atom is 0.0501 e. The number of nitrogens with one attached hydrogen (secondary N) is 1. The molecule has 2 heterocycles. The largest absolute Gasteiger partial charge is 0.354 e. The topological polar surface area (TPSA) is 28.7 Å². The Hall–Kier alpha value is -2.09. The lowest BCUT2D eigenvalue weighted by Gasteiger charge is -2.08. The number of aromatic nitrogens is 2. The van der Waals surface area contributed by atoms with Crippen LogP contribution in [0.1, 0.15) is 31.0 Å². The Balaban J connectivity index is 2.31. The lowest BCUT2D eigenvalue weighted by Crippen LogP contribution is -1.91. The van der Waals surface area contributed by atoms with Crippen LogP contribution in [0.5, 0.6) is 0 Å². The van der Waals surface area contributed by atoms with Crippen molar-refractivity contribution in [2.75, 3.05) is 0 Å². The summed E-state index contributed by atoms with van der Waals surface area (Å²) < 4.78 is 0. The highest BCUT2D eigenvalue weighted by Gasteiger charge is 2.15. The lowest BCUT2D eigenvalue weighted by molar-refractivity contribution is 0.878. The van der Waals surface area contributed by atoms with E-state index in [0.29, 0.717) is 5.92 Å². The number of benzene rings is 1. The van der Waals surface area contributed by atoms with Gasteiger partial charge in [-0.1, -0.05) is 32.0 Å². The molecule has 0 aliphatic carbocycles. The van der Waals surface area contributed by atoms with Crippen LogP contribution >= 0.6 is 0 Å². The van der Waals surface area contributed by atoms with Gasteiger partial charge >= 0.3 is 0 Å². The third-order valence-electron chi connectivity index (χ3n) is 3.51. The van der Waals surface area contributed by atoms with Crippen molar-refractivity contribution in [1.29, 1.82) is 0 Å². The van der Waals surface area contributed by atoms with Crippen LogP contribution in [0.2, 0.25) is 0 Å². The molecule has 0 fully saturated rings. The van der Waals surface area contributed by atoms with E-state index in [0.717, 1.165) is 5.69 Å². The molecule has 0 aliphatic rings. The van der Waals surface area contributed by atoms with Gasteiger partial charge in [0.05, 0.1) is 5.69 Å². The van der Waals surface area contributed by atoms with E-state index < -0.39 is 0 Å². The van der Waals surface area contributed by atoms with Crippen LogP contribution in [0.3, 0.4) is 0 Å². The van der Waals surface area contributed by atoms with E-state index in [4.69, 9.17) is 0 Å². The molecule has 1 aromatic carbocycles. The Morgan fingerprint density at radius 1 is 1.11 bits per heavy atom. The number of nitrogens with zero attached hydrogens (tertiary/aromatic N) is 1. The van der Waals surface area contributed by atoms with Gasteiger partial charge in [-0.05, 0) is 36.6 Å². The molecule has 0 atom stereocenters. The van der Waals surface area contributed by atoms with Gasteiger partial charge < -0.3 is 4.98 Å². The Morgan fingerprint density at radius 2 is 1.89 bits per heavy atom. The summed E-state index contributed by atoms with van der Waals surface area (Å²) in [6, 6.07) is 12.7. The van der Waals surface area contributed by atoms with Crippen LogP contribution in [0.15, 0.2) is 42.6 Å². The number of para-hydroxylation sites is 1. The van der Waals surface area contributed by atoms with E-state index in [1.807, 2.05) is 13.1 Å². The molecular weight excluding hydrogens is 232 g/mol. The molecule has 96 valence electrons. The van der Waals surface area contributed by atoms with Gasteiger partial charge in [0, 0.05) is 28.4 Å². The highest BCUT2D eigenvalue weighted by atomic mass is 14.7. The van der Waals surface area contributed by atoms with E-state index in [-0.39, 0.29) is 0 Å². The summed E-state index contributed by atoms with van der Waals surface area (Å²) in [5.41, 5.74) is 6.08. The van der Waals surface area contributed by atoms with E-state index in [1.165, 1.54) is 27.7 Å². The quantitative estimate of drug-likeness (QED) is 0.704. The number of aromatic amines is 1. The van der Waals surface area contributed by atoms with Crippen molar-refractivity contribution in [2.45, 2.75) is 26.7 Å². The zero-order valence-electron chi connectivity index (χ0n) is 11.6. The molecule has 3 aromatic rings. The van der Waals surface area contributed by atoms with E-state index in [1.54, 1.807) is 0 Å². The molecule has 3 rings (SSSR count). The van der Waals surface area contributed by atoms with Crippen LogP contribution in [-0.4, -0.2) is 9.97 Å². The zero-order valence-corrected chi connectivity index (χ0v) is 11.6. The molecule has 0 unspecified atom stereocenters. The van der Waals surface area contributed by atoms with Gasteiger partial charge in [0.15, 0.2) is 0 Å². The monoisotopic (exact) mass is 250 g/mol. The summed E-state index contributed by atoms with van der Waals surface area (Å²) >= 11 is 0. The van der Waals surface area contributed by atoms with E-state index in [2.05, 4.69) is 60.2 Å². The van der Waals surface area contributed by atoms with Crippen molar-refractivity contribution >= 4 is 10.9 Å². The molecule has 0 saturated carbocycles. The fraction of sp³-hybridized carbons (Fsp3) is 0.235. The number of fused-ring (bicyclic) bond motifs is 1. The highest BCUT2D eigenvalue weighted by molar-refractivity contribution is 5.91. The number of aryl methyl sites for hydroxylation is 1. The molecule has 0 radical (unpaired) electrons. The first kappa shape index (κ1) is 12.0. The summed E-state index contributed by atoms with van der Waals surface area (Å²) in [5, 5.41) is 1.32.